The van der Waals surface area contributed by atoms with Gasteiger partial charge in [0.1, 0.15) is 0 Å². The van der Waals surface area contributed by atoms with E-state index >= 15 is 0 Å². The first-order chi connectivity index (χ1) is 10.6. The number of carbonyl (C=O) groups is 1. The molecule has 2 rings (SSSR count). The van der Waals surface area contributed by atoms with Crippen LogP contribution in [0.2, 0.25) is 0 Å². The van der Waals surface area contributed by atoms with Crippen LogP contribution in [0.1, 0.15) is 30.9 Å². The molecule has 0 spiro atoms. The van der Waals surface area contributed by atoms with Crippen molar-refractivity contribution in [2.45, 2.75) is 36.8 Å². The molecule has 0 bridgehead atoms. The average Bonchev–Trinajstić information content (AvgIpc) is 2.55. The quantitative estimate of drug-likeness (QED) is 0.801. The number of thioether (sulfide) groups is 1. The molecule has 3 heteroatoms. The summed E-state index contributed by atoms with van der Waals surface area (Å²) >= 11 is 1.60. The molecule has 116 valence electrons. The second-order valence-electron chi connectivity index (χ2n) is 5.63. The van der Waals surface area contributed by atoms with E-state index in [0.717, 1.165) is 4.90 Å². The van der Waals surface area contributed by atoms with Crippen molar-refractivity contribution >= 4 is 17.7 Å². The molecule has 2 aromatic rings. The number of hydrogen-bond acceptors (Lipinski definition) is 2. The fourth-order valence-electron chi connectivity index (χ4n) is 2.17. The number of hydrogen-bond donors (Lipinski definition) is 1. The third-order valence-electron chi connectivity index (χ3n) is 3.65. The molecular formula is C19H23NOS. The second kappa shape index (κ2) is 8.04. The van der Waals surface area contributed by atoms with Crippen molar-refractivity contribution in [3.8, 4) is 0 Å². The predicted octanol–water partition coefficient (Wildman–Crippen LogP) is 4.40. The molecule has 2 unspecified atom stereocenters. The molecule has 0 radical (unpaired) electrons. The van der Waals surface area contributed by atoms with Gasteiger partial charge >= 0.3 is 0 Å². The molecule has 22 heavy (non-hydrogen) atoms. The molecule has 0 aliphatic rings. The van der Waals surface area contributed by atoms with Gasteiger partial charge in [-0.25, -0.2) is 0 Å². The van der Waals surface area contributed by atoms with Crippen LogP contribution in [0.5, 0.6) is 0 Å². The smallest absolute Gasteiger partial charge is 0.233 e. The fraction of sp³-hybridized carbons (Fsp3) is 0.316. The summed E-state index contributed by atoms with van der Waals surface area (Å²) in [6, 6.07) is 18.5. The molecule has 0 fully saturated rings. The van der Waals surface area contributed by atoms with Gasteiger partial charge in [-0.2, -0.15) is 0 Å². The van der Waals surface area contributed by atoms with Gasteiger partial charge in [-0.05, 0) is 37.5 Å². The van der Waals surface area contributed by atoms with Gasteiger partial charge in [0.25, 0.3) is 0 Å². The monoisotopic (exact) mass is 313 g/mol. The fourth-order valence-corrected chi connectivity index (χ4v) is 3.06. The molecular weight excluding hydrogens is 290 g/mol. The molecule has 0 heterocycles. The maximum absolute atomic E-state index is 12.2. The number of amides is 1. The molecule has 0 saturated carbocycles. The molecule has 2 aromatic carbocycles. The van der Waals surface area contributed by atoms with E-state index in [1.807, 2.05) is 25.1 Å². The largest absolute Gasteiger partial charge is 0.355 e. The summed E-state index contributed by atoms with van der Waals surface area (Å²) in [5.41, 5.74) is 2.49. The van der Waals surface area contributed by atoms with Crippen LogP contribution in [0.3, 0.4) is 0 Å². The molecule has 0 aliphatic heterocycles. The minimum atomic E-state index is -0.0920. The lowest BCUT2D eigenvalue weighted by molar-refractivity contribution is -0.120. The van der Waals surface area contributed by atoms with E-state index in [2.05, 4.69) is 55.6 Å². The molecule has 0 aliphatic carbocycles. The molecule has 0 saturated heterocycles. The van der Waals surface area contributed by atoms with Gasteiger partial charge in [0.2, 0.25) is 5.91 Å². The first kappa shape index (κ1) is 16.6. The van der Waals surface area contributed by atoms with E-state index in [1.54, 1.807) is 11.8 Å². The number of aryl methyl sites for hydroxylation is 1. The Balaban J connectivity index is 1.82. The van der Waals surface area contributed by atoms with Gasteiger partial charge in [-0.3, -0.25) is 4.79 Å². The highest BCUT2D eigenvalue weighted by Crippen LogP contribution is 2.23. The summed E-state index contributed by atoms with van der Waals surface area (Å²) in [6.07, 6.45) is 0. The minimum Gasteiger partial charge on any atom is -0.355 e. The Labute approximate surface area is 137 Å². The molecule has 1 N–H and O–H groups in total. The van der Waals surface area contributed by atoms with E-state index in [-0.39, 0.29) is 11.2 Å². The number of nitrogens with one attached hydrogen (secondary N) is 1. The molecule has 1 amide bonds. The van der Waals surface area contributed by atoms with Crippen LogP contribution in [0.25, 0.3) is 0 Å². The van der Waals surface area contributed by atoms with Crippen molar-refractivity contribution in [1.82, 2.24) is 5.32 Å². The Morgan fingerprint density at radius 1 is 1.05 bits per heavy atom. The van der Waals surface area contributed by atoms with Crippen molar-refractivity contribution in [2.75, 3.05) is 6.54 Å². The molecule has 2 atom stereocenters. The van der Waals surface area contributed by atoms with Gasteiger partial charge in [-0.15, -0.1) is 11.8 Å². The van der Waals surface area contributed by atoms with Crippen LogP contribution >= 0.6 is 11.8 Å². The SMILES string of the molecule is Cc1ccc(SC(C)C(=O)NCC(C)c2ccccc2)cc1. The highest BCUT2D eigenvalue weighted by Gasteiger charge is 2.15. The van der Waals surface area contributed by atoms with E-state index < -0.39 is 0 Å². The van der Waals surface area contributed by atoms with Crippen LogP contribution in [-0.2, 0) is 4.79 Å². The van der Waals surface area contributed by atoms with Crippen molar-refractivity contribution in [2.24, 2.45) is 0 Å². The maximum Gasteiger partial charge on any atom is 0.233 e. The first-order valence-electron chi connectivity index (χ1n) is 7.62. The van der Waals surface area contributed by atoms with Crippen LogP contribution < -0.4 is 5.32 Å². The Morgan fingerprint density at radius 3 is 2.32 bits per heavy atom. The summed E-state index contributed by atoms with van der Waals surface area (Å²) in [6.45, 7) is 6.82. The van der Waals surface area contributed by atoms with E-state index in [9.17, 15) is 4.79 Å². The molecule has 2 nitrogen and oxygen atoms in total. The Hall–Kier alpha value is -1.74. The zero-order valence-corrected chi connectivity index (χ0v) is 14.2. The lowest BCUT2D eigenvalue weighted by Gasteiger charge is -2.16. The molecule has 0 aromatic heterocycles. The van der Waals surface area contributed by atoms with E-state index in [0.29, 0.717) is 12.5 Å². The highest BCUT2D eigenvalue weighted by atomic mass is 32.2. The van der Waals surface area contributed by atoms with Crippen LogP contribution in [0.15, 0.2) is 59.5 Å². The number of benzene rings is 2. The average molecular weight is 313 g/mol. The highest BCUT2D eigenvalue weighted by molar-refractivity contribution is 8.00. The lowest BCUT2D eigenvalue weighted by atomic mass is 10.0. The van der Waals surface area contributed by atoms with Gasteiger partial charge in [-0.1, -0.05) is 55.0 Å². The third-order valence-corrected chi connectivity index (χ3v) is 4.77. The van der Waals surface area contributed by atoms with Gasteiger partial charge in [0.05, 0.1) is 5.25 Å². The summed E-state index contributed by atoms with van der Waals surface area (Å²) < 4.78 is 0. The first-order valence-corrected chi connectivity index (χ1v) is 8.50. The summed E-state index contributed by atoms with van der Waals surface area (Å²) in [5, 5.41) is 2.96. The van der Waals surface area contributed by atoms with Crippen molar-refractivity contribution in [3.63, 3.8) is 0 Å². The van der Waals surface area contributed by atoms with Crippen molar-refractivity contribution < 1.29 is 4.79 Å². The number of rotatable bonds is 6. The third kappa shape index (κ3) is 4.92. The van der Waals surface area contributed by atoms with Crippen LogP contribution in [-0.4, -0.2) is 17.7 Å². The maximum atomic E-state index is 12.2. The standard InChI is InChI=1S/C19H23NOS/c1-14-9-11-18(12-10-14)22-16(3)19(21)20-13-15(2)17-7-5-4-6-8-17/h4-12,15-16H,13H2,1-3H3,(H,20,21). The summed E-state index contributed by atoms with van der Waals surface area (Å²) in [7, 11) is 0. The summed E-state index contributed by atoms with van der Waals surface area (Å²) in [5.74, 6) is 0.412. The van der Waals surface area contributed by atoms with E-state index in [4.69, 9.17) is 0 Å². The zero-order chi connectivity index (χ0) is 15.9. The Kier molecular flexibility index (Phi) is 6.08. The van der Waals surface area contributed by atoms with E-state index in [1.165, 1.54) is 11.1 Å². The second-order valence-corrected chi connectivity index (χ2v) is 7.04. The topological polar surface area (TPSA) is 29.1 Å². The van der Waals surface area contributed by atoms with Gasteiger partial charge < -0.3 is 5.32 Å². The normalized spacial score (nSPS) is 13.4. The predicted molar refractivity (Wildman–Crippen MR) is 94.4 cm³/mol. The minimum absolute atomic E-state index is 0.0911. The Morgan fingerprint density at radius 2 is 1.68 bits per heavy atom. The number of carbonyl (C=O) groups excluding carboxylic acids is 1. The van der Waals surface area contributed by atoms with Crippen molar-refractivity contribution in [3.05, 3.63) is 65.7 Å². The van der Waals surface area contributed by atoms with Crippen LogP contribution in [0, 0.1) is 6.92 Å². The summed E-state index contributed by atoms with van der Waals surface area (Å²) in [4.78, 5) is 13.3. The van der Waals surface area contributed by atoms with Gasteiger partial charge in [0, 0.05) is 11.4 Å². The van der Waals surface area contributed by atoms with Gasteiger partial charge in [0.15, 0.2) is 0 Å². The van der Waals surface area contributed by atoms with Crippen LogP contribution in [0.4, 0.5) is 0 Å². The zero-order valence-electron chi connectivity index (χ0n) is 13.4. The Bertz CT molecular complexity index is 595. The lowest BCUT2D eigenvalue weighted by Crippen LogP contribution is -2.33. The van der Waals surface area contributed by atoms with Crippen molar-refractivity contribution in [1.29, 1.82) is 0 Å².